The van der Waals surface area contributed by atoms with Crippen molar-refractivity contribution in [3.63, 3.8) is 0 Å². The quantitative estimate of drug-likeness (QED) is 0.0131. The molecule has 0 unspecified atom stereocenters. The molecule has 0 fully saturated rings. The summed E-state index contributed by atoms with van der Waals surface area (Å²) in [6.45, 7) is 4.09. The minimum Gasteiger partial charge on any atom is -0.299 e. The number of hydrogen-bond acceptors (Lipinski definition) is 0. The lowest BCUT2D eigenvalue weighted by Crippen LogP contribution is -3.07. The van der Waals surface area contributed by atoms with E-state index >= 15 is 35.1 Å². The summed E-state index contributed by atoms with van der Waals surface area (Å²) >= 11 is 0. The van der Waals surface area contributed by atoms with Crippen molar-refractivity contribution in [3.05, 3.63) is 145 Å². The van der Waals surface area contributed by atoms with E-state index < -0.39 is 180 Å². The Morgan fingerprint density at radius 1 is 0.202 bits per heavy atom. The molecule has 27 heteroatoms. The van der Waals surface area contributed by atoms with E-state index in [2.05, 4.69) is 13.8 Å². The molecule has 1 N–H and O–H groups in total. The number of benzene rings is 5. The number of rotatable bonds is 40. The molecule has 0 aliphatic heterocycles. The average Bonchev–Trinajstić information content (AvgIpc) is 0.683. The summed E-state index contributed by atoms with van der Waals surface area (Å²) in [5.74, 6) is -78.2. The van der Waals surface area contributed by atoms with E-state index in [1.54, 1.807) is 0 Å². The van der Waals surface area contributed by atoms with Crippen LogP contribution in [-0.2, 0) is 6.67 Å². The van der Waals surface area contributed by atoms with E-state index in [1.807, 2.05) is 0 Å². The van der Waals surface area contributed by atoms with E-state index in [1.165, 1.54) is 154 Å². The van der Waals surface area contributed by atoms with Crippen molar-refractivity contribution >= 4 is 33.7 Å². The Morgan fingerprint density at radius 3 is 0.553 bits per heavy atom. The molecule has 0 aromatic heterocycles. The van der Waals surface area contributed by atoms with Crippen LogP contribution in [0.4, 0.5) is 115 Å². The smallest absolute Gasteiger partial charge is 0.222 e. The maximum absolute atomic E-state index is 15.4. The van der Waals surface area contributed by atoms with Gasteiger partial charge in [-0.05, 0) is 25.7 Å². The lowest BCUT2D eigenvalue weighted by atomic mass is 9.12. The van der Waals surface area contributed by atoms with Gasteiger partial charge in [-0.2, -0.15) is 4.39 Å². The zero-order valence-electron chi connectivity index (χ0n) is 52.3. The minimum atomic E-state index is -7.22. The molecular weight excluding hydrogens is 1300 g/mol. The Hall–Kier alpha value is -5.63. The van der Waals surface area contributed by atoms with Gasteiger partial charge < -0.3 is 0 Å². The fraction of sp³-hybridized carbons (Fsp3) is 0.552. The highest BCUT2D eigenvalue weighted by Gasteiger charge is 2.52. The van der Waals surface area contributed by atoms with E-state index in [9.17, 15) is 74.6 Å². The molecule has 94 heavy (non-hydrogen) atoms. The molecular formula is C67H77BF25N. The third-order valence-electron chi connectivity index (χ3n) is 17.2. The number of halogens is 25. The molecule has 528 valence electrons. The predicted octanol–water partition coefficient (Wildman–Crippen LogP) is 20.6. The van der Waals surface area contributed by atoms with E-state index in [0.29, 0.717) is 18.0 Å². The Labute approximate surface area is 531 Å². The van der Waals surface area contributed by atoms with Crippen LogP contribution in [0.2, 0.25) is 0 Å². The first-order chi connectivity index (χ1) is 44.7. The monoisotopic (exact) mass is 1380 g/mol. The normalized spacial score (nSPS) is 11.9. The van der Waals surface area contributed by atoms with Crippen LogP contribution in [0.5, 0.6) is 0 Å². The second-order valence-corrected chi connectivity index (χ2v) is 23.8. The van der Waals surface area contributed by atoms with Gasteiger partial charge in [-0.15, -0.1) is 21.9 Å². The zero-order chi connectivity index (χ0) is 70.1. The van der Waals surface area contributed by atoms with Crippen LogP contribution < -0.4 is 26.8 Å². The molecule has 0 bridgehead atoms. The molecule has 0 saturated heterocycles. The van der Waals surface area contributed by atoms with Gasteiger partial charge in [0.25, 0.3) is 0 Å². The molecule has 5 aromatic rings. The maximum atomic E-state index is 15.4. The molecule has 5 aromatic carbocycles. The van der Waals surface area contributed by atoms with Gasteiger partial charge in [0.15, 0.2) is 87.1 Å². The molecule has 0 saturated carbocycles. The van der Waals surface area contributed by atoms with Crippen molar-refractivity contribution in [1.29, 1.82) is 0 Å². The Kier molecular flexibility index (Phi) is 34.0. The maximum Gasteiger partial charge on any atom is 0.222 e. The van der Waals surface area contributed by atoms with Crippen LogP contribution in [0, 0.1) is 140 Å². The van der Waals surface area contributed by atoms with Crippen LogP contribution >= 0.6 is 0 Å². The molecule has 0 atom stereocenters. The molecule has 0 aliphatic rings. The first-order valence-electron chi connectivity index (χ1n) is 32.2. The van der Waals surface area contributed by atoms with Gasteiger partial charge in [0.2, 0.25) is 11.6 Å². The van der Waals surface area contributed by atoms with Crippen molar-refractivity contribution in [2.75, 3.05) is 13.1 Å². The molecule has 0 radical (unpaired) electrons. The summed E-state index contributed by atoms with van der Waals surface area (Å²) in [5, 5.41) is 0. The van der Waals surface area contributed by atoms with Gasteiger partial charge in [0, 0.05) is 0 Å². The molecule has 0 spiro atoms. The van der Waals surface area contributed by atoms with Crippen molar-refractivity contribution in [2.45, 2.75) is 226 Å². The van der Waals surface area contributed by atoms with Crippen LogP contribution in [0.25, 0.3) is 0 Å². The molecule has 0 amide bonds. The zero-order valence-corrected chi connectivity index (χ0v) is 52.3. The Balaban J connectivity index is 0.000000401. The first-order valence-corrected chi connectivity index (χ1v) is 32.2. The van der Waals surface area contributed by atoms with Gasteiger partial charge in [-0.25, -0.2) is 105 Å². The summed E-state index contributed by atoms with van der Waals surface area (Å²) < 4.78 is 366. The van der Waals surface area contributed by atoms with Crippen LogP contribution in [0.3, 0.4) is 0 Å². The second kappa shape index (κ2) is 39.6. The number of alkyl halides is 1. The lowest BCUT2D eigenvalue weighted by Gasteiger charge is -2.44. The van der Waals surface area contributed by atoms with E-state index in [4.69, 9.17) is 0 Å². The summed E-state index contributed by atoms with van der Waals surface area (Å²) in [5.41, 5.74) is -15.3. The number of unbranched alkanes of at least 4 members (excludes halogenated alkanes) is 30. The molecule has 0 heterocycles. The predicted molar refractivity (Wildman–Crippen MR) is 310 cm³/mol. The molecule has 1 nitrogen and oxygen atoms in total. The van der Waals surface area contributed by atoms with E-state index in [-0.39, 0.29) is 5.69 Å². The van der Waals surface area contributed by atoms with Crippen LogP contribution in [0.15, 0.2) is 0 Å². The average molecular weight is 1380 g/mol. The van der Waals surface area contributed by atoms with Gasteiger partial charge in [-0.3, -0.25) is 4.90 Å². The number of quaternary nitrogens is 1. The standard InChI is InChI=1S/C43H76F5N.C24BF20/c1-3-5-7-9-11-13-15-17-19-21-23-25-27-29-31-33-35-49(43-38(37-44)39(45)40(46)41(47)42(43)48)36-34-32-30-28-26-24-22-20-18-16-14-12-10-8-6-4-2;26-5-1(6(27)14(35)21(42)13(5)34)25(2-7(28)15(36)22(43)16(37)8(2)29,3-9(30)17(38)23(44)18(39)10(3)31)4-11(32)19(40)24(45)20(41)12(4)33/h3-37H2,1-2H3;/q;-1/p+1. The second-order valence-electron chi connectivity index (χ2n) is 23.8. The number of nitrogens with one attached hydrogen (secondary N) is 1. The summed E-state index contributed by atoms with van der Waals surface area (Å²) in [6, 6.07) is 0. The number of hydrogen-bond donors (Lipinski definition) is 1. The van der Waals surface area contributed by atoms with Gasteiger partial charge in [-0.1, -0.05) is 194 Å². The molecule has 5 rings (SSSR count). The van der Waals surface area contributed by atoms with Gasteiger partial charge >= 0.3 is 0 Å². The lowest BCUT2D eigenvalue weighted by molar-refractivity contribution is -0.835. The third kappa shape index (κ3) is 19.4. The third-order valence-corrected chi connectivity index (χ3v) is 17.2. The van der Waals surface area contributed by atoms with Crippen LogP contribution in [-0.4, -0.2) is 19.2 Å². The highest BCUT2D eigenvalue weighted by atomic mass is 19.2. The first kappa shape index (κ1) is 80.8. The largest absolute Gasteiger partial charge is 0.299 e. The van der Waals surface area contributed by atoms with Crippen molar-refractivity contribution in [1.82, 2.24) is 0 Å². The minimum absolute atomic E-state index is 0.346. The Morgan fingerprint density at radius 2 is 0.362 bits per heavy atom. The molecule has 0 aliphatic carbocycles. The Bertz CT molecular complexity index is 2830. The van der Waals surface area contributed by atoms with Crippen molar-refractivity contribution < 1.29 is 115 Å². The highest BCUT2D eigenvalue weighted by molar-refractivity contribution is 7.20. The van der Waals surface area contributed by atoms with Crippen molar-refractivity contribution in [2.24, 2.45) is 0 Å². The fourth-order valence-corrected chi connectivity index (χ4v) is 12.2. The van der Waals surface area contributed by atoms with Gasteiger partial charge in [0.05, 0.1) is 18.7 Å². The van der Waals surface area contributed by atoms with E-state index in [0.717, 1.165) is 51.4 Å². The SMILES string of the molecule is CCCCCCCCCCCCCCCCCC[NH+](CCCCCCCCCCCCCCCCCC)c1c(F)c(F)c(F)c(F)c1CF.Fc1c(F)c(F)c([B-](c2c(F)c(F)c(F)c(F)c2F)(c2c(F)c(F)c(F)c(F)c2F)c2c(F)c(F)c(F)c(F)c2F)c(F)c1F. The van der Waals surface area contributed by atoms with Gasteiger partial charge in [0.1, 0.15) is 59.4 Å². The fourth-order valence-electron chi connectivity index (χ4n) is 12.2. The summed E-state index contributed by atoms with van der Waals surface area (Å²) in [4.78, 5) is 0.540. The summed E-state index contributed by atoms with van der Waals surface area (Å²) in [7, 11) is 0. The summed E-state index contributed by atoms with van der Waals surface area (Å²) in [6.07, 6.45) is 32.6. The highest BCUT2D eigenvalue weighted by Crippen LogP contribution is 2.32. The topological polar surface area (TPSA) is 4.44 Å². The van der Waals surface area contributed by atoms with Crippen molar-refractivity contribution in [3.8, 4) is 0 Å². The van der Waals surface area contributed by atoms with Crippen LogP contribution in [0.1, 0.15) is 225 Å².